The van der Waals surface area contributed by atoms with E-state index >= 15 is 0 Å². The highest BCUT2D eigenvalue weighted by atomic mass is 19.1. The molecule has 2 rings (SSSR count). The van der Waals surface area contributed by atoms with Gasteiger partial charge in [0.2, 0.25) is 0 Å². The predicted molar refractivity (Wildman–Crippen MR) is 74.1 cm³/mol. The smallest absolute Gasteiger partial charge is 0.294 e. The van der Waals surface area contributed by atoms with Gasteiger partial charge in [-0.25, -0.2) is 9.07 Å². The number of halogens is 1. The van der Waals surface area contributed by atoms with Gasteiger partial charge >= 0.3 is 0 Å². The third-order valence-electron chi connectivity index (χ3n) is 3.09. The van der Waals surface area contributed by atoms with Gasteiger partial charge in [-0.1, -0.05) is 32.9 Å². The van der Waals surface area contributed by atoms with Crippen LogP contribution in [0.4, 0.5) is 10.1 Å². The largest absolute Gasteiger partial charge is 0.393 e. The van der Waals surface area contributed by atoms with Gasteiger partial charge in [0, 0.05) is 12.5 Å². The van der Waals surface area contributed by atoms with E-state index in [2.05, 4.69) is 0 Å². The van der Waals surface area contributed by atoms with E-state index in [4.69, 9.17) is 5.73 Å². The molecule has 0 atom stereocenters. The number of aromatic nitrogens is 2. The number of anilines is 1. The van der Waals surface area contributed by atoms with Gasteiger partial charge in [0.15, 0.2) is 0 Å². The fraction of sp³-hybridized carbons (Fsp3) is 0.357. The van der Waals surface area contributed by atoms with Crippen molar-refractivity contribution in [3.63, 3.8) is 0 Å². The number of rotatable bonds is 1. The number of hydrogen-bond acceptors (Lipinski definition) is 2. The third kappa shape index (κ3) is 2.05. The third-order valence-corrected chi connectivity index (χ3v) is 3.09. The van der Waals surface area contributed by atoms with Crippen LogP contribution in [0, 0.1) is 5.82 Å². The van der Waals surface area contributed by atoms with Gasteiger partial charge in [-0.2, -0.15) is 0 Å². The van der Waals surface area contributed by atoms with E-state index in [9.17, 15) is 9.18 Å². The first-order valence-electron chi connectivity index (χ1n) is 6.08. The molecule has 1 aromatic carbocycles. The van der Waals surface area contributed by atoms with E-state index in [1.54, 1.807) is 29.9 Å². The molecule has 0 bridgehead atoms. The Balaban J connectivity index is 2.82. The summed E-state index contributed by atoms with van der Waals surface area (Å²) < 4.78 is 16.7. The molecule has 0 spiro atoms. The van der Waals surface area contributed by atoms with Gasteiger partial charge in [0.25, 0.3) is 5.56 Å². The maximum Gasteiger partial charge on any atom is 0.294 e. The summed E-state index contributed by atoms with van der Waals surface area (Å²) in [6.45, 7) is 5.89. The molecule has 5 heteroatoms. The van der Waals surface area contributed by atoms with Crippen molar-refractivity contribution in [3.8, 4) is 5.69 Å². The Morgan fingerprint density at radius 3 is 2.26 bits per heavy atom. The topological polar surface area (TPSA) is 52.9 Å². The number of nitrogens with two attached hydrogens (primary N) is 1. The molecule has 1 heterocycles. The Hall–Kier alpha value is -2.04. The van der Waals surface area contributed by atoms with E-state index in [0.717, 1.165) is 0 Å². The standard InChI is InChI=1S/C14H18FN3O/c1-14(2,3)12-11(16)13(19)18(17(12)4)10-8-6-5-7-9(10)15/h5-8H,16H2,1-4H3. The van der Waals surface area contributed by atoms with Crippen molar-refractivity contribution in [1.82, 2.24) is 9.36 Å². The van der Waals surface area contributed by atoms with Crippen LogP contribution in [0.5, 0.6) is 0 Å². The van der Waals surface area contributed by atoms with Gasteiger partial charge in [-0.3, -0.25) is 9.48 Å². The average molecular weight is 263 g/mol. The van der Waals surface area contributed by atoms with Crippen molar-refractivity contribution in [2.75, 3.05) is 5.73 Å². The highest BCUT2D eigenvalue weighted by Crippen LogP contribution is 2.27. The first kappa shape index (κ1) is 13.4. The van der Waals surface area contributed by atoms with Crippen LogP contribution in [0.1, 0.15) is 26.5 Å². The van der Waals surface area contributed by atoms with Crippen LogP contribution in [0.3, 0.4) is 0 Å². The number of nitrogen functional groups attached to an aromatic ring is 1. The maximum absolute atomic E-state index is 13.9. The Kier molecular flexibility index (Phi) is 3.00. The minimum atomic E-state index is -0.453. The zero-order valence-electron chi connectivity index (χ0n) is 11.6. The fourth-order valence-electron chi connectivity index (χ4n) is 2.41. The summed E-state index contributed by atoms with van der Waals surface area (Å²) in [6.07, 6.45) is 0. The second-order valence-electron chi connectivity index (χ2n) is 5.60. The van der Waals surface area contributed by atoms with Crippen LogP contribution < -0.4 is 11.3 Å². The molecule has 2 aromatic rings. The molecule has 0 saturated carbocycles. The Morgan fingerprint density at radius 1 is 1.21 bits per heavy atom. The fourth-order valence-corrected chi connectivity index (χ4v) is 2.41. The molecule has 19 heavy (non-hydrogen) atoms. The molecule has 102 valence electrons. The molecule has 0 aliphatic carbocycles. The molecule has 2 N–H and O–H groups in total. The van der Waals surface area contributed by atoms with E-state index in [0.29, 0.717) is 5.69 Å². The molecule has 0 aliphatic rings. The van der Waals surface area contributed by atoms with Crippen molar-refractivity contribution in [1.29, 1.82) is 0 Å². The lowest BCUT2D eigenvalue weighted by molar-refractivity contribution is 0.493. The van der Waals surface area contributed by atoms with Crippen LogP contribution in [-0.2, 0) is 12.5 Å². The minimum absolute atomic E-state index is 0.165. The van der Waals surface area contributed by atoms with Crippen LogP contribution in [0.15, 0.2) is 29.1 Å². The van der Waals surface area contributed by atoms with Crippen molar-refractivity contribution in [3.05, 3.63) is 46.1 Å². The molecule has 4 nitrogen and oxygen atoms in total. The highest BCUT2D eigenvalue weighted by molar-refractivity contribution is 5.48. The summed E-state index contributed by atoms with van der Waals surface area (Å²) in [4.78, 5) is 12.3. The van der Waals surface area contributed by atoms with Gasteiger partial charge in [0.05, 0.1) is 5.69 Å². The van der Waals surface area contributed by atoms with E-state index in [1.165, 1.54) is 10.7 Å². The lowest BCUT2D eigenvalue weighted by Crippen LogP contribution is -2.23. The van der Waals surface area contributed by atoms with Gasteiger partial charge in [-0.15, -0.1) is 0 Å². The normalized spacial score (nSPS) is 11.8. The van der Waals surface area contributed by atoms with Crippen molar-refractivity contribution in [2.45, 2.75) is 26.2 Å². The summed E-state index contributed by atoms with van der Waals surface area (Å²) in [6, 6.07) is 6.15. The number of hydrogen-bond donors (Lipinski definition) is 1. The van der Waals surface area contributed by atoms with Crippen LogP contribution in [0.25, 0.3) is 5.69 Å². The van der Waals surface area contributed by atoms with E-state index in [1.807, 2.05) is 20.8 Å². The highest BCUT2D eigenvalue weighted by Gasteiger charge is 2.26. The second kappa shape index (κ2) is 4.26. The minimum Gasteiger partial charge on any atom is -0.393 e. The Labute approximate surface area is 111 Å². The molecule has 0 unspecified atom stereocenters. The molecule has 0 aliphatic heterocycles. The molecule has 0 saturated heterocycles. The van der Waals surface area contributed by atoms with Crippen molar-refractivity contribution in [2.24, 2.45) is 7.05 Å². The molecular weight excluding hydrogens is 245 g/mol. The van der Waals surface area contributed by atoms with Gasteiger partial charge in [0.1, 0.15) is 17.2 Å². The summed E-state index contributed by atoms with van der Waals surface area (Å²) >= 11 is 0. The molecule has 1 aromatic heterocycles. The van der Waals surface area contributed by atoms with E-state index < -0.39 is 11.4 Å². The van der Waals surface area contributed by atoms with Crippen LogP contribution in [0.2, 0.25) is 0 Å². The molecule has 0 radical (unpaired) electrons. The van der Waals surface area contributed by atoms with E-state index in [-0.39, 0.29) is 16.8 Å². The number of nitrogens with zero attached hydrogens (tertiary/aromatic N) is 2. The number of para-hydroxylation sites is 1. The first-order chi connectivity index (χ1) is 8.75. The molecular formula is C14H18FN3O. The summed E-state index contributed by atoms with van der Waals surface area (Å²) in [7, 11) is 1.71. The maximum atomic E-state index is 13.9. The van der Waals surface area contributed by atoms with Crippen molar-refractivity contribution < 1.29 is 4.39 Å². The average Bonchev–Trinajstić information content (AvgIpc) is 2.51. The zero-order valence-corrected chi connectivity index (χ0v) is 11.6. The van der Waals surface area contributed by atoms with Gasteiger partial charge < -0.3 is 5.73 Å². The monoisotopic (exact) mass is 263 g/mol. The number of benzene rings is 1. The van der Waals surface area contributed by atoms with Crippen molar-refractivity contribution >= 4 is 5.69 Å². The first-order valence-corrected chi connectivity index (χ1v) is 6.08. The Bertz CT molecular complexity index is 677. The van der Waals surface area contributed by atoms with Gasteiger partial charge in [-0.05, 0) is 12.1 Å². The zero-order chi connectivity index (χ0) is 14.4. The predicted octanol–water partition coefficient (Wildman–Crippen LogP) is 2.19. The quantitative estimate of drug-likeness (QED) is 0.857. The van der Waals surface area contributed by atoms with Crippen LogP contribution in [-0.4, -0.2) is 9.36 Å². The molecule has 0 amide bonds. The lowest BCUT2D eigenvalue weighted by Gasteiger charge is -2.21. The SMILES string of the molecule is Cn1c(C(C)(C)C)c(N)c(=O)n1-c1ccccc1F. The van der Waals surface area contributed by atoms with Crippen LogP contribution >= 0.6 is 0 Å². The Morgan fingerprint density at radius 2 is 1.79 bits per heavy atom. The molecule has 0 fully saturated rings. The summed E-state index contributed by atoms with van der Waals surface area (Å²) in [5.41, 5.74) is 6.28. The second-order valence-corrected chi connectivity index (χ2v) is 5.60. The summed E-state index contributed by atoms with van der Waals surface area (Å²) in [5, 5.41) is 0. The summed E-state index contributed by atoms with van der Waals surface area (Å²) in [5.74, 6) is -0.453. The lowest BCUT2D eigenvalue weighted by atomic mass is 9.91.